The number of pyridine rings is 1. The number of hydrogen-bond acceptors (Lipinski definition) is 3. The van der Waals surface area contributed by atoms with Crippen molar-refractivity contribution in [2.24, 2.45) is 0 Å². The van der Waals surface area contributed by atoms with Crippen molar-refractivity contribution < 1.29 is 4.79 Å². The molecule has 3 heterocycles. The maximum atomic E-state index is 13.6. The van der Waals surface area contributed by atoms with Crippen LogP contribution >= 0.6 is 34.8 Å². The molecule has 0 unspecified atom stereocenters. The molecule has 0 N–H and O–H groups in total. The summed E-state index contributed by atoms with van der Waals surface area (Å²) in [6, 6.07) is 17.2. The number of nitrogens with zero attached hydrogens (tertiary/aromatic N) is 3. The summed E-state index contributed by atoms with van der Waals surface area (Å²) in [5.41, 5.74) is 4.32. The predicted molar refractivity (Wildman–Crippen MR) is 145 cm³/mol. The highest BCUT2D eigenvalue weighted by molar-refractivity contribution is 6.32. The number of halogens is 3. The van der Waals surface area contributed by atoms with Gasteiger partial charge in [0.1, 0.15) is 5.15 Å². The van der Waals surface area contributed by atoms with Gasteiger partial charge in [-0.1, -0.05) is 65.2 Å². The van der Waals surface area contributed by atoms with Gasteiger partial charge >= 0.3 is 0 Å². The zero-order chi connectivity index (χ0) is 24.6. The van der Waals surface area contributed by atoms with E-state index in [4.69, 9.17) is 34.8 Å². The van der Waals surface area contributed by atoms with Gasteiger partial charge < -0.3 is 4.90 Å². The molecule has 0 atom stereocenters. The number of anilines is 1. The van der Waals surface area contributed by atoms with Gasteiger partial charge in [0.15, 0.2) is 0 Å². The topological polar surface area (TPSA) is 36.4 Å². The van der Waals surface area contributed by atoms with Crippen LogP contribution < -0.4 is 4.90 Å². The Morgan fingerprint density at radius 3 is 2.57 bits per heavy atom. The van der Waals surface area contributed by atoms with Crippen LogP contribution in [0.3, 0.4) is 0 Å². The van der Waals surface area contributed by atoms with Gasteiger partial charge in [0.2, 0.25) is 0 Å². The van der Waals surface area contributed by atoms with Crippen LogP contribution in [0.5, 0.6) is 0 Å². The van der Waals surface area contributed by atoms with Crippen molar-refractivity contribution in [1.29, 1.82) is 0 Å². The van der Waals surface area contributed by atoms with Crippen molar-refractivity contribution in [2.45, 2.75) is 25.2 Å². The van der Waals surface area contributed by atoms with Gasteiger partial charge in [-0.2, -0.15) is 0 Å². The summed E-state index contributed by atoms with van der Waals surface area (Å²) in [6.07, 6.45) is 6.17. The van der Waals surface area contributed by atoms with E-state index in [2.05, 4.69) is 22.0 Å². The Labute approximate surface area is 221 Å². The molecule has 4 nitrogen and oxygen atoms in total. The van der Waals surface area contributed by atoms with Crippen LogP contribution in [0.25, 0.3) is 6.08 Å². The van der Waals surface area contributed by atoms with E-state index in [9.17, 15) is 4.79 Å². The Bertz CT molecular complexity index is 1280. The van der Waals surface area contributed by atoms with Gasteiger partial charge in [0, 0.05) is 45.5 Å². The molecule has 2 aromatic carbocycles. The van der Waals surface area contributed by atoms with Crippen LogP contribution in [0.2, 0.25) is 15.2 Å². The summed E-state index contributed by atoms with van der Waals surface area (Å²) in [7, 11) is 0. The molecule has 3 aromatic rings. The summed E-state index contributed by atoms with van der Waals surface area (Å²) in [5, 5.41) is 1.79. The molecular weight excluding hydrogens is 501 g/mol. The van der Waals surface area contributed by atoms with Crippen molar-refractivity contribution in [3.05, 3.63) is 98.3 Å². The monoisotopic (exact) mass is 525 g/mol. The number of fused-ring (bicyclic) bond motifs is 2. The van der Waals surface area contributed by atoms with Crippen molar-refractivity contribution in [2.75, 3.05) is 31.1 Å². The Hall–Kier alpha value is -2.37. The molecular formula is C28H26Cl3N3O. The molecule has 0 aliphatic carbocycles. The SMILES string of the molecule is Cc1cc(C(=O)N2CC3(CCN(CC=Cc4ccccc4Cl)CC3)c3cc(Cl)ccc32)cc(Cl)n1. The molecule has 1 amide bonds. The van der Waals surface area contributed by atoms with Crippen LogP contribution in [-0.4, -0.2) is 42.0 Å². The Morgan fingerprint density at radius 1 is 1.06 bits per heavy atom. The fraction of sp³-hybridized carbons (Fsp3) is 0.286. The first kappa shape index (κ1) is 24.3. The third kappa shape index (κ3) is 4.99. The van der Waals surface area contributed by atoms with Crippen molar-refractivity contribution in [1.82, 2.24) is 9.88 Å². The number of rotatable bonds is 4. The van der Waals surface area contributed by atoms with E-state index in [0.717, 1.165) is 54.4 Å². The quantitative estimate of drug-likeness (QED) is 0.342. The number of aromatic nitrogens is 1. The molecule has 35 heavy (non-hydrogen) atoms. The fourth-order valence-corrected chi connectivity index (χ4v) is 5.88. The summed E-state index contributed by atoms with van der Waals surface area (Å²) in [6.45, 7) is 5.24. The molecule has 0 saturated carbocycles. The molecule has 180 valence electrons. The van der Waals surface area contributed by atoms with Crippen LogP contribution in [0, 0.1) is 6.92 Å². The molecule has 0 bridgehead atoms. The van der Waals surface area contributed by atoms with Crippen LogP contribution in [0.1, 0.15) is 40.0 Å². The van der Waals surface area contributed by atoms with Crippen LogP contribution in [-0.2, 0) is 5.41 Å². The number of carbonyl (C=O) groups excluding carboxylic acids is 1. The molecule has 1 fully saturated rings. The largest absolute Gasteiger partial charge is 0.307 e. The summed E-state index contributed by atoms with van der Waals surface area (Å²) in [4.78, 5) is 22.1. The van der Waals surface area contributed by atoms with Crippen molar-refractivity contribution in [3.63, 3.8) is 0 Å². The number of carbonyl (C=O) groups is 1. The molecule has 7 heteroatoms. The van der Waals surface area contributed by atoms with Gasteiger partial charge in [-0.3, -0.25) is 9.69 Å². The van der Waals surface area contributed by atoms with Crippen molar-refractivity contribution >= 4 is 52.5 Å². The zero-order valence-corrected chi connectivity index (χ0v) is 21.7. The van der Waals surface area contributed by atoms with Gasteiger partial charge in [-0.15, -0.1) is 0 Å². The third-order valence-electron chi connectivity index (χ3n) is 7.08. The summed E-state index contributed by atoms with van der Waals surface area (Å²) < 4.78 is 0. The lowest BCUT2D eigenvalue weighted by Gasteiger charge is -2.39. The Balaban J connectivity index is 1.34. The Kier molecular flexibility index (Phi) is 6.91. The molecule has 1 spiro atoms. The molecule has 0 radical (unpaired) electrons. The van der Waals surface area contributed by atoms with E-state index in [1.54, 1.807) is 12.1 Å². The summed E-state index contributed by atoms with van der Waals surface area (Å²) in [5.74, 6) is -0.0528. The second-order valence-electron chi connectivity index (χ2n) is 9.38. The lowest BCUT2D eigenvalue weighted by atomic mass is 9.74. The minimum Gasteiger partial charge on any atom is -0.307 e. The standard InChI is InChI=1S/C28H26Cl3N3O/c1-19-15-21(16-26(31)32-19)27(35)34-18-28(23-17-22(29)8-9-25(23)34)10-13-33(14-11-28)12-4-6-20-5-2-3-7-24(20)30/h2-9,15-17H,10-14,18H2,1H3. The molecule has 1 aromatic heterocycles. The minimum absolute atomic E-state index is 0.0528. The number of amides is 1. The van der Waals surface area contributed by atoms with E-state index in [-0.39, 0.29) is 11.3 Å². The molecule has 2 aliphatic heterocycles. The highest BCUT2D eigenvalue weighted by Crippen LogP contribution is 2.48. The summed E-state index contributed by atoms with van der Waals surface area (Å²) >= 11 is 18.8. The second kappa shape index (κ2) is 9.94. The lowest BCUT2D eigenvalue weighted by molar-refractivity contribution is 0.0977. The van der Waals surface area contributed by atoms with Gasteiger partial charge in [-0.05, 0) is 80.4 Å². The Morgan fingerprint density at radius 2 is 1.83 bits per heavy atom. The highest BCUT2D eigenvalue weighted by atomic mass is 35.5. The molecule has 5 rings (SSSR count). The van der Waals surface area contributed by atoms with Gasteiger partial charge in [0.05, 0.1) is 0 Å². The van der Waals surface area contributed by atoms with Crippen molar-refractivity contribution in [3.8, 4) is 0 Å². The van der Waals surface area contributed by atoms with E-state index >= 15 is 0 Å². The van der Waals surface area contributed by atoms with E-state index in [0.29, 0.717) is 22.3 Å². The number of likely N-dealkylation sites (tertiary alicyclic amines) is 1. The van der Waals surface area contributed by atoms with Gasteiger partial charge in [-0.25, -0.2) is 4.98 Å². The third-order valence-corrected chi connectivity index (χ3v) is 7.85. The van der Waals surface area contributed by atoms with E-state index in [1.807, 2.05) is 54.3 Å². The zero-order valence-electron chi connectivity index (χ0n) is 19.5. The minimum atomic E-state index is -0.106. The second-order valence-corrected chi connectivity index (χ2v) is 10.6. The fourth-order valence-electron chi connectivity index (χ4n) is 5.26. The first-order valence-corrected chi connectivity index (χ1v) is 12.9. The average Bonchev–Trinajstić information content (AvgIpc) is 3.13. The number of hydrogen-bond donors (Lipinski definition) is 0. The molecule has 2 aliphatic rings. The maximum Gasteiger partial charge on any atom is 0.258 e. The average molecular weight is 527 g/mol. The van der Waals surface area contributed by atoms with E-state index in [1.165, 1.54) is 5.56 Å². The van der Waals surface area contributed by atoms with Gasteiger partial charge in [0.25, 0.3) is 5.91 Å². The number of aryl methyl sites for hydroxylation is 1. The van der Waals surface area contributed by atoms with E-state index < -0.39 is 0 Å². The number of benzene rings is 2. The highest BCUT2D eigenvalue weighted by Gasteiger charge is 2.46. The predicted octanol–water partition coefficient (Wildman–Crippen LogP) is 7.06. The number of piperidine rings is 1. The normalized spacial score (nSPS) is 17.3. The lowest BCUT2D eigenvalue weighted by Crippen LogP contribution is -2.46. The first-order valence-electron chi connectivity index (χ1n) is 11.7. The van der Waals surface area contributed by atoms with Crippen LogP contribution in [0.15, 0.2) is 60.7 Å². The maximum absolute atomic E-state index is 13.6. The smallest absolute Gasteiger partial charge is 0.258 e. The first-order chi connectivity index (χ1) is 16.8. The van der Waals surface area contributed by atoms with Crippen LogP contribution in [0.4, 0.5) is 5.69 Å². The molecule has 1 saturated heterocycles.